The van der Waals surface area contributed by atoms with Crippen molar-refractivity contribution in [1.82, 2.24) is 15.5 Å². The maximum absolute atomic E-state index is 14.0. The van der Waals surface area contributed by atoms with Gasteiger partial charge >= 0.3 is 6.09 Å². The van der Waals surface area contributed by atoms with Gasteiger partial charge in [0.25, 0.3) is 0 Å². The Labute approximate surface area is 308 Å². The molecule has 268 valence electrons. The second-order valence-electron chi connectivity index (χ2n) is 15.1. The third-order valence-corrected chi connectivity index (χ3v) is 12.1. The van der Waals surface area contributed by atoms with E-state index >= 15 is 0 Å². The van der Waals surface area contributed by atoms with Gasteiger partial charge in [-0.15, -0.1) is 11.8 Å². The molecule has 2 amide bonds. The van der Waals surface area contributed by atoms with E-state index in [0.29, 0.717) is 13.1 Å². The van der Waals surface area contributed by atoms with E-state index in [0.717, 1.165) is 25.7 Å². The third kappa shape index (κ3) is 8.37. The minimum Gasteiger partial charge on any atom is -0.444 e. The Morgan fingerprint density at radius 1 is 0.843 bits per heavy atom. The van der Waals surface area contributed by atoms with Crippen LogP contribution in [0.5, 0.6) is 0 Å². The number of carbonyl (C=O) groups excluding carboxylic acids is 2. The Morgan fingerprint density at radius 2 is 1.39 bits per heavy atom. The molecular weight excluding hydrogens is 651 g/mol. The van der Waals surface area contributed by atoms with Crippen molar-refractivity contribution in [3.8, 4) is 0 Å². The fraction of sp³-hybridized carbons (Fsp3) is 0.409. The highest BCUT2D eigenvalue weighted by Crippen LogP contribution is 2.52. The van der Waals surface area contributed by atoms with E-state index < -0.39 is 10.3 Å². The van der Waals surface area contributed by atoms with Gasteiger partial charge in [-0.1, -0.05) is 136 Å². The van der Waals surface area contributed by atoms with E-state index in [1.807, 2.05) is 37.4 Å². The van der Waals surface area contributed by atoms with Gasteiger partial charge in [-0.05, 0) is 73.8 Å². The molecule has 4 aromatic carbocycles. The lowest BCUT2D eigenvalue weighted by atomic mass is 9.84. The van der Waals surface area contributed by atoms with E-state index in [4.69, 9.17) is 4.74 Å². The van der Waals surface area contributed by atoms with Gasteiger partial charge in [-0.3, -0.25) is 4.79 Å². The normalized spacial score (nSPS) is 20.0. The van der Waals surface area contributed by atoms with E-state index in [1.165, 1.54) is 27.8 Å². The highest BCUT2D eigenvalue weighted by atomic mass is 32.2. The molecule has 0 spiro atoms. The number of nitrogens with zero attached hydrogens (tertiary/aromatic N) is 1. The fourth-order valence-electron chi connectivity index (χ4n) is 7.69. The Morgan fingerprint density at radius 3 is 1.94 bits per heavy atom. The monoisotopic (exact) mass is 703 g/mol. The van der Waals surface area contributed by atoms with Crippen LogP contribution >= 0.6 is 11.8 Å². The molecular formula is C44H53N3O3S. The van der Waals surface area contributed by atoms with Crippen LogP contribution in [0.15, 0.2) is 115 Å². The van der Waals surface area contributed by atoms with Crippen LogP contribution in [0, 0.1) is 5.92 Å². The molecule has 1 fully saturated rings. The average Bonchev–Trinajstić information content (AvgIpc) is 3.74. The summed E-state index contributed by atoms with van der Waals surface area (Å²) in [5.74, 6) is 0.139. The highest BCUT2D eigenvalue weighted by Gasteiger charge is 2.45. The summed E-state index contributed by atoms with van der Waals surface area (Å²) in [5.41, 5.74) is 5.49. The number of carbonyl (C=O) groups is 2. The van der Waals surface area contributed by atoms with Crippen LogP contribution in [0.4, 0.5) is 4.79 Å². The third-order valence-electron chi connectivity index (χ3n) is 10.4. The first-order valence-electron chi connectivity index (χ1n) is 18.5. The first-order valence-corrected chi connectivity index (χ1v) is 19.4. The number of thioether (sulfide) groups is 1. The zero-order valence-corrected chi connectivity index (χ0v) is 31.5. The van der Waals surface area contributed by atoms with Crippen LogP contribution in [0.25, 0.3) is 0 Å². The van der Waals surface area contributed by atoms with Crippen LogP contribution in [-0.4, -0.2) is 52.9 Å². The molecule has 1 unspecified atom stereocenters. The minimum absolute atomic E-state index is 0.0228. The zero-order valence-electron chi connectivity index (χ0n) is 30.7. The van der Waals surface area contributed by atoms with E-state index in [9.17, 15) is 9.59 Å². The van der Waals surface area contributed by atoms with Crippen LogP contribution in [-0.2, 0) is 20.7 Å². The molecule has 2 N–H and O–H groups in total. The summed E-state index contributed by atoms with van der Waals surface area (Å²) >= 11 is 1.91. The Balaban J connectivity index is 1.28. The van der Waals surface area contributed by atoms with Crippen molar-refractivity contribution in [2.45, 2.75) is 94.0 Å². The molecule has 2 aliphatic rings. The average molecular weight is 704 g/mol. The van der Waals surface area contributed by atoms with E-state index in [1.54, 1.807) is 0 Å². The lowest BCUT2D eigenvalue weighted by molar-refractivity contribution is -0.125. The van der Waals surface area contributed by atoms with Gasteiger partial charge < -0.3 is 20.3 Å². The van der Waals surface area contributed by atoms with Crippen molar-refractivity contribution in [2.24, 2.45) is 5.92 Å². The van der Waals surface area contributed by atoms with Crippen LogP contribution in [0.1, 0.15) is 87.7 Å². The Bertz CT molecular complexity index is 1650. The summed E-state index contributed by atoms with van der Waals surface area (Å²) in [7, 11) is 0. The summed E-state index contributed by atoms with van der Waals surface area (Å²) in [6.45, 7) is 11.0. The fourth-order valence-corrected chi connectivity index (χ4v) is 9.56. The summed E-state index contributed by atoms with van der Waals surface area (Å²) in [6.07, 6.45) is 3.20. The highest BCUT2D eigenvalue weighted by molar-refractivity contribution is 8.01. The smallest absolute Gasteiger partial charge is 0.410 e. The zero-order chi connectivity index (χ0) is 36.0. The lowest BCUT2D eigenvalue weighted by Gasteiger charge is -2.37. The van der Waals surface area contributed by atoms with Crippen LogP contribution in [0.2, 0.25) is 0 Å². The number of nitrogens with one attached hydrogen (secondary N) is 2. The van der Waals surface area contributed by atoms with Crippen LogP contribution in [0.3, 0.4) is 0 Å². The number of hydrogen-bond donors (Lipinski definition) is 2. The van der Waals surface area contributed by atoms with Gasteiger partial charge in [0, 0.05) is 24.4 Å². The number of aryl methyl sites for hydroxylation is 1. The van der Waals surface area contributed by atoms with Crippen molar-refractivity contribution >= 4 is 23.8 Å². The van der Waals surface area contributed by atoms with E-state index in [-0.39, 0.29) is 41.3 Å². The number of ether oxygens (including phenoxy) is 1. The Hall–Kier alpha value is -4.07. The molecule has 4 aromatic rings. The topological polar surface area (TPSA) is 70.7 Å². The maximum atomic E-state index is 14.0. The molecule has 0 bridgehead atoms. The quantitative estimate of drug-likeness (QED) is 0.144. The summed E-state index contributed by atoms with van der Waals surface area (Å²) in [6, 6.07) is 40.0. The van der Waals surface area contributed by atoms with Crippen molar-refractivity contribution in [1.29, 1.82) is 0 Å². The largest absolute Gasteiger partial charge is 0.444 e. The van der Waals surface area contributed by atoms with Gasteiger partial charge in [0.05, 0.1) is 16.8 Å². The molecule has 7 heteroatoms. The molecule has 1 saturated heterocycles. The van der Waals surface area contributed by atoms with Gasteiger partial charge in [0.15, 0.2) is 0 Å². The first kappa shape index (κ1) is 36.7. The number of likely N-dealkylation sites (tertiary alicyclic amines) is 1. The Kier molecular flexibility index (Phi) is 11.6. The molecule has 6 nitrogen and oxygen atoms in total. The molecule has 0 saturated carbocycles. The molecule has 1 heterocycles. The summed E-state index contributed by atoms with van der Waals surface area (Å²) in [5, 5.41) is 7.13. The van der Waals surface area contributed by atoms with Crippen LogP contribution < -0.4 is 10.6 Å². The maximum Gasteiger partial charge on any atom is 0.410 e. The standard InChI is InChI=1S/C44H53N3O3S/c1-6-31(2)40(41(48)46-39-27-26-32-18-16-17-25-38(32)39)45-29-36-28-37(30-47(36)42(49)50-43(3,4)5)51-44(33-19-10-7-11-20-33,34-21-12-8-13-22-34)35-23-14-9-15-24-35/h7-25,31,36-37,39-40,45H,6,26-30H2,1-5H3,(H,46,48)/t31-,36+,37+,39?,40-/m0/s1. The second-order valence-corrected chi connectivity index (χ2v) is 16.6. The van der Waals surface area contributed by atoms with Gasteiger partial charge in [0.1, 0.15) is 5.60 Å². The molecule has 5 atom stereocenters. The predicted molar refractivity (Wildman–Crippen MR) is 209 cm³/mol. The molecule has 0 aromatic heterocycles. The predicted octanol–water partition coefficient (Wildman–Crippen LogP) is 8.90. The van der Waals surface area contributed by atoms with Crippen molar-refractivity contribution < 1.29 is 14.3 Å². The van der Waals surface area contributed by atoms with E-state index in [2.05, 4.69) is 140 Å². The number of benzene rings is 4. The summed E-state index contributed by atoms with van der Waals surface area (Å²) < 4.78 is 5.49. The molecule has 6 rings (SSSR count). The number of hydrogen-bond acceptors (Lipinski definition) is 5. The minimum atomic E-state index is -0.626. The van der Waals surface area contributed by atoms with Crippen molar-refractivity contribution in [3.05, 3.63) is 143 Å². The molecule has 51 heavy (non-hydrogen) atoms. The number of amides is 2. The van der Waals surface area contributed by atoms with Gasteiger partial charge in [-0.25, -0.2) is 4.79 Å². The molecule has 1 aliphatic carbocycles. The first-order chi connectivity index (χ1) is 24.6. The van der Waals surface area contributed by atoms with Crippen molar-refractivity contribution in [3.63, 3.8) is 0 Å². The van der Waals surface area contributed by atoms with Crippen molar-refractivity contribution in [2.75, 3.05) is 13.1 Å². The number of fused-ring (bicyclic) bond motifs is 1. The second kappa shape index (κ2) is 16.1. The number of rotatable bonds is 12. The lowest BCUT2D eigenvalue weighted by Crippen LogP contribution is -2.52. The van der Waals surface area contributed by atoms with Gasteiger partial charge in [-0.2, -0.15) is 0 Å². The van der Waals surface area contributed by atoms with Gasteiger partial charge in [0.2, 0.25) is 5.91 Å². The molecule has 1 aliphatic heterocycles. The summed E-state index contributed by atoms with van der Waals surface area (Å²) in [4.78, 5) is 29.8. The molecule has 0 radical (unpaired) electrons. The SMILES string of the molecule is CC[C@H](C)[C@H](NC[C@H]1C[C@@H](SC(c2ccccc2)(c2ccccc2)c2ccccc2)CN1C(=O)OC(C)(C)C)C(=O)NC1CCc2ccccc21.